The monoisotopic (exact) mass is 155 g/mol. The highest BCUT2D eigenvalue weighted by Crippen LogP contribution is 2.46. The summed E-state index contributed by atoms with van der Waals surface area (Å²) in [7, 11) is 0. The number of hydrogen-bond donors (Lipinski definition) is 1. The van der Waals surface area contributed by atoms with E-state index in [1.165, 1.54) is 18.0 Å². The number of allylic oxidation sites excluding steroid dienone is 2. The van der Waals surface area contributed by atoms with Crippen LogP contribution in [-0.4, -0.2) is 12.3 Å². The highest BCUT2D eigenvalue weighted by molar-refractivity contribution is 8.03. The van der Waals surface area contributed by atoms with Gasteiger partial charge in [0.05, 0.1) is 0 Å². The Labute approximate surface area is 66.3 Å². The lowest BCUT2D eigenvalue weighted by Gasteiger charge is -2.40. The summed E-state index contributed by atoms with van der Waals surface area (Å²) in [6, 6.07) is 0. The van der Waals surface area contributed by atoms with Crippen LogP contribution in [0.2, 0.25) is 0 Å². The molecule has 1 N–H and O–H groups in total. The molecule has 10 heavy (non-hydrogen) atoms. The molecule has 0 bridgehead atoms. The Kier molecular flexibility index (Phi) is 1.44. The molecule has 56 valence electrons. The van der Waals surface area contributed by atoms with Gasteiger partial charge in [-0.15, -0.1) is 11.8 Å². The molecule has 1 aliphatic carbocycles. The van der Waals surface area contributed by atoms with Gasteiger partial charge in [-0.25, -0.2) is 0 Å². The van der Waals surface area contributed by atoms with Crippen LogP contribution in [-0.2, 0) is 0 Å². The molecule has 0 radical (unpaired) electrons. The molecule has 0 saturated heterocycles. The van der Waals surface area contributed by atoms with E-state index in [2.05, 4.69) is 19.2 Å². The SMILES string of the molecule is CC1C2=C(SCCN2)C1C. The second-order valence-corrected chi connectivity index (χ2v) is 4.27. The summed E-state index contributed by atoms with van der Waals surface area (Å²) in [6.45, 7) is 5.80. The molecule has 2 aliphatic rings. The van der Waals surface area contributed by atoms with Gasteiger partial charge in [-0.2, -0.15) is 0 Å². The molecular formula is C8H13NS. The summed E-state index contributed by atoms with van der Waals surface area (Å²) in [5.41, 5.74) is 1.53. The van der Waals surface area contributed by atoms with Gasteiger partial charge >= 0.3 is 0 Å². The fourth-order valence-corrected chi connectivity index (χ4v) is 2.96. The number of thioether (sulfide) groups is 1. The van der Waals surface area contributed by atoms with Gasteiger partial charge in [0.2, 0.25) is 0 Å². The molecule has 2 rings (SSSR count). The lowest BCUT2D eigenvalue weighted by Crippen LogP contribution is -2.38. The van der Waals surface area contributed by atoms with Crippen LogP contribution in [0.3, 0.4) is 0 Å². The standard InChI is InChI=1S/C8H13NS/c1-5-6(2)8-7(5)9-3-4-10-8/h5-6,9H,3-4H2,1-2H3. The summed E-state index contributed by atoms with van der Waals surface area (Å²) >= 11 is 2.04. The van der Waals surface area contributed by atoms with Crippen LogP contribution in [0.4, 0.5) is 0 Å². The lowest BCUT2D eigenvalue weighted by atomic mass is 9.81. The predicted octanol–water partition coefficient (Wildman–Crippen LogP) is 1.82. The van der Waals surface area contributed by atoms with E-state index in [4.69, 9.17) is 0 Å². The lowest BCUT2D eigenvalue weighted by molar-refractivity contribution is 0.414. The van der Waals surface area contributed by atoms with Crippen molar-refractivity contribution in [3.05, 3.63) is 10.6 Å². The Balaban J connectivity index is 2.21. The molecule has 0 aromatic heterocycles. The van der Waals surface area contributed by atoms with E-state index in [0.717, 1.165) is 11.8 Å². The molecule has 0 aromatic rings. The van der Waals surface area contributed by atoms with E-state index in [-0.39, 0.29) is 0 Å². The first-order chi connectivity index (χ1) is 4.80. The molecule has 0 aromatic carbocycles. The van der Waals surface area contributed by atoms with Crippen LogP contribution in [0.5, 0.6) is 0 Å². The summed E-state index contributed by atoms with van der Waals surface area (Å²) in [5.74, 6) is 2.88. The minimum absolute atomic E-state index is 0.794. The molecule has 0 fully saturated rings. The van der Waals surface area contributed by atoms with Crippen molar-refractivity contribution in [2.45, 2.75) is 13.8 Å². The zero-order valence-corrected chi connectivity index (χ0v) is 7.29. The second kappa shape index (κ2) is 2.19. The molecule has 0 amide bonds. The normalized spacial score (nSPS) is 38.2. The summed E-state index contributed by atoms with van der Waals surface area (Å²) in [6.07, 6.45) is 0. The van der Waals surface area contributed by atoms with Crippen LogP contribution in [0, 0.1) is 11.8 Å². The van der Waals surface area contributed by atoms with Crippen LogP contribution >= 0.6 is 11.8 Å². The Hall–Kier alpha value is -0.110. The van der Waals surface area contributed by atoms with Crippen LogP contribution in [0.1, 0.15) is 13.8 Å². The Bertz CT molecular complexity index is 166. The van der Waals surface area contributed by atoms with Crippen molar-refractivity contribution in [1.29, 1.82) is 0 Å². The van der Waals surface area contributed by atoms with Crippen molar-refractivity contribution in [2.24, 2.45) is 11.8 Å². The highest BCUT2D eigenvalue weighted by atomic mass is 32.2. The van der Waals surface area contributed by atoms with E-state index in [0.29, 0.717) is 0 Å². The van der Waals surface area contributed by atoms with Crippen molar-refractivity contribution in [3.63, 3.8) is 0 Å². The number of rotatable bonds is 0. The molecule has 1 heterocycles. The average Bonchev–Trinajstić information content (AvgIpc) is 2.03. The van der Waals surface area contributed by atoms with Crippen molar-refractivity contribution in [1.82, 2.24) is 5.32 Å². The molecule has 1 nitrogen and oxygen atoms in total. The van der Waals surface area contributed by atoms with Gasteiger partial charge < -0.3 is 5.32 Å². The maximum absolute atomic E-state index is 3.46. The molecule has 2 atom stereocenters. The third-order valence-corrected chi connectivity index (χ3v) is 3.87. The van der Waals surface area contributed by atoms with E-state index < -0.39 is 0 Å². The summed E-state index contributed by atoms with van der Waals surface area (Å²) in [4.78, 5) is 1.62. The highest BCUT2D eigenvalue weighted by Gasteiger charge is 2.35. The van der Waals surface area contributed by atoms with Crippen molar-refractivity contribution >= 4 is 11.8 Å². The predicted molar refractivity (Wildman–Crippen MR) is 45.8 cm³/mol. The quantitative estimate of drug-likeness (QED) is 0.572. The topological polar surface area (TPSA) is 12.0 Å². The van der Waals surface area contributed by atoms with Gasteiger partial charge in [-0.1, -0.05) is 13.8 Å². The number of hydrogen-bond acceptors (Lipinski definition) is 2. The van der Waals surface area contributed by atoms with Gasteiger partial charge in [-0.05, 0) is 5.92 Å². The summed E-state index contributed by atoms with van der Waals surface area (Å²) < 4.78 is 0. The van der Waals surface area contributed by atoms with Crippen LogP contribution in [0.25, 0.3) is 0 Å². The maximum Gasteiger partial charge on any atom is 0.0241 e. The molecule has 0 spiro atoms. The van der Waals surface area contributed by atoms with E-state index in [1.54, 1.807) is 4.91 Å². The van der Waals surface area contributed by atoms with Crippen LogP contribution in [0.15, 0.2) is 10.6 Å². The average molecular weight is 155 g/mol. The van der Waals surface area contributed by atoms with Crippen molar-refractivity contribution in [2.75, 3.05) is 12.3 Å². The van der Waals surface area contributed by atoms with E-state index in [1.807, 2.05) is 11.8 Å². The molecular weight excluding hydrogens is 142 g/mol. The minimum atomic E-state index is 0.794. The van der Waals surface area contributed by atoms with Gasteiger partial charge in [0.25, 0.3) is 0 Å². The molecule has 2 unspecified atom stereocenters. The third kappa shape index (κ3) is 0.715. The zero-order valence-electron chi connectivity index (χ0n) is 6.48. The van der Waals surface area contributed by atoms with Gasteiger partial charge in [0, 0.05) is 28.8 Å². The Morgan fingerprint density at radius 3 is 2.90 bits per heavy atom. The third-order valence-electron chi connectivity index (χ3n) is 2.56. The first kappa shape index (κ1) is 6.59. The fourth-order valence-electron chi connectivity index (χ4n) is 1.65. The summed E-state index contributed by atoms with van der Waals surface area (Å²) in [5, 5.41) is 3.46. The molecule has 1 aliphatic heterocycles. The fraction of sp³-hybridized carbons (Fsp3) is 0.750. The smallest absolute Gasteiger partial charge is 0.0241 e. The maximum atomic E-state index is 3.46. The van der Waals surface area contributed by atoms with Gasteiger partial charge in [0.15, 0.2) is 0 Å². The zero-order chi connectivity index (χ0) is 7.14. The van der Waals surface area contributed by atoms with Crippen LogP contribution < -0.4 is 5.32 Å². The second-order valence-electron chi connectivity index (χ2n) is 3.13. The minimum Gasteiger partial charge on any atom is -0.387 e. The molecule has 0 saturated carbocycles. The van der Waals surface area contributed by atoms with E-state index in [9.17, 15) is 0 Å². The molecule has 2 heteroatoms. The van der Waals surface area contributed by atoms with Gasteiger partial charge in [0.1, 0.15) is 0 Å². The van der Waals surface area contributed by atoms with E-state index >= 15 is 0 Å². The van der Waals surface area contributed by atoms with Crippen molar-refractivity contribution in [3.8, 4) is 0 Å². The number of nitrogens with one attached hydrogen (secondary N) is 1. The van der Waals surface area contributed by atoms with Crippen molar-refractivity contribution < 1.29 is 0 Å². The first-order valence-corrected chi connectivity index (χ1v) is 4.90. The largest absolute Gasteiger partial charge is 0.387 e. The Morgan fingerprint density at radius 2 is 2.20 bits per heavy atom. The van der Waals surface area contributed by atoms with Gasteiger partial charge in [-0.3, -0.25) is 0 Å². The Morgan fingerprint density at radius 1 is 1.40 bits per heavy atom. The first-order valence-electron chi connectivity index (χ1n) is 3.91.